The van der Waals surface area contributed by atoms with Gasteiger partial charge in [-0.2, -0.15) is 0 Å². The maximum Gasteiger partial charge on any atom is 0.335 e. The molecule has 0 radical (unpaired) electrons. The van der Waals surface area contributed by atoms with E-state index in [1.807, 2.05) is 61.6 Å². The zero-order chi connectivity index (χ0) is 34.8. The van der Waals surface area contributed by atoms with Gasteiger partial charge in [-0.3, -0.25) is 14.5 Å². The van der Waals surface area contributed by atoms with E-state index in [0.29, 0.717) is 27.9 Å². The van der Waals surface area contributed by atoms with Crippen molar-refractivity contribution in [3.63, 3.8) is 0 Å². The van der Waals surface area contributed by atoms with Gasteiger partial charge in [0.1, 0.15) is 5.00 Å². The van der Waals surface area contributed by atoms with Gasteiger partial charge in [0.2, 0.25) is 0 Å². The van der Waals surface area contributed by atoms with Gasteiger partial charge in [0.05, 0.1) is 11.1 Å². The van der Waals surface area contributed by atoms with Crippen molar-refractivity contribution in [1.82, 2.24) is 10.2 Å². The molecular weight excluding hydrogens is 645 g/mol. The lowest BCUT2D eigenvalue weighted by Gasteiger charge is -2.30. The predicted molar refractivity (Wildman–Crippen MR) is 206 cm³/mol. The molecule has 4 aromatic rings. The van der Waals surface area contributed by atoms with Crippen molar-refractivity contribution in [1.29, 1.82) is 0 Å². The Morgan fingerprint density at radius 1 is 0.820 bits per heavy atom. The van der Waals surface area contributed by atoms with Gasteiger partial charge < -0.3 is 21.1 Å². The molecule has 1 heterocycles. The van der Waals surface area contributed by atoms with Crippen LogP contribution in [0.5, 0.6) is 0 Å². The summed E-state index contributed by atoms with van der Waals surface area (Å²) in [5.74, 6) is -1.34. The van der Waals surface area contributed by atoms with E-state index in [9.17, 15) is 14.4 Å². The fraction of sp³-hybridized carbons (Fsp3) is 0.390. The number of anilines is 2. The first-order valence-electron chi connectivity index (χ1n) is 17.5. The largest absolute Gasteiger partial charge is 0.478 e. The number of nitrogens with zero attached hydrogens (tertiary/aromatic N) is 1. The van der Waals surface area contributed by atoms with Crippen molar-refractivity contribution in [2.24, 2.45) is 0 Å². The minimum absolute atomic E-state index is 0. The van der Waals surface area contributed by atoms with E-state index in [2.05, 4.69) is 40.8 Å². The number of amides is 2. The first-order valence-corrected chi connectivity index (χ1v) is 18.3. The van der Waals surface area contributed by atoms with Gasteiger partial charge in [-0.25, -0.2) is 4.79 Å². The molecular formula is C41H52N4O4S. The highest BCUT2D eigenvalue weighted by atomic mass is 32.1. The lowest BCUT2D eigenvalue weighted by Crippen LogP contribution is -2.38. The van der Waals surface area contributed by atoms with Crippen LogP contribution in [0.3, 0.4) is 0 Å². The molecule has 0 saturated heterocycles. The summed E-state index contributed by atoms with van der Waals surface area (Å²) >= 11 is 1.53. The number of carboxylic acids is 1. The average Bonchev–Trinajstić information content (AvgIpc) is 3.48. The molecule has 4 N–H and O–H groups in total. The molecule has 2 amide bonds. The van der Waals surface area contributed by atoms with E-state index >= 15 is 0 Å². The second kappa shape index (κ2) is 18.6. The third-order valence-electron chi connectivity index (χ3n) is 9.42. The number of hydrogen-bond acceptors (Lipinski definition) is 6. The third-order valence-corrected chi connectivity index (χ3v) is 10.6. The predicted octanol–water partition coefficient (Wildman–Crippen LogP) is 8.46. The monoisotopic (exact) mass is 696 g/mol. The molecule has 3 aromatic carbocycles. The molecule has 8 nitrogen and oxygen atoms in total. The molecule has 1 aliphatic carbocycles. The van der Waals surface area contributed by atoms with Gasteiger partial charge in [0.15, 0.2) is 0 Å². The number of hydrogen-bond donors (Lipinski definition) is 4. The van der Waals surface area contributed by atoms with Crippen LogP contribution in [-0.2, 0) is 32.2 Å². The van der Waals surface area contributed by atoms with Gasteiger partial charge in [0, 0.05) is 41.8 Å². The Labute approximate surface area is 301 Å². The minimum atomic E-state index is -0.928. The van der Waals surface area contributed by atoms with Crippen LogP contribution in [0.1, 0.15) is 105 Å². The Kier molecular flexibility index (Phi) is 14.3. The summed E-state index contributed by atoms with van der Waals surface area (Å²) in [4.78, 5) is 42.3. The lowest BCUT2D eigenvalue weighted by atomic mass is 9.95. The minimum Gasteiger partial charge on any atom is -0.478 e. The standard InChI is InChI=1S/C40H48N4O4S.CH4/c1-4-33(5-2)44(24-23-41-3)26-29-9-8-10-31(25-29)37(45)43-39-36(34-11-6-7-12-35(34)49-39)38(46)42-32-21-17-28(18-22-32)14-13-27-15-19-30(20-16-27)40(47)48;/h8-10,15-22,25,33,41H,4-7,11-14,23-24,26H2,1-3H3,(H,42,46)(H,43,45)(H,47,48);1H4. The molecule has 1 aliphatic rings. The van der Waals surface area contributed by atoms with Crippen LogP contribution in [0.25, 0.3) is 0 Å². The van der Waals surface area contributed by atoms with Crippen molar-refractivity contribution >= 4 is 39.8 Å². The summed E-state index contributed by atoms with van der Waals surface area (Å²) in [5, 5.41) is 19.2. The zero-order valence-corrected chi connectivity index (χ0v) is 29.6. The van der Waals surface area contributed by atoms with Crippen LogP contribution >= 0.6 is 11.3 Å². The normalized spacial score (nSPS) is 12.3. The Balaban J connectivity index is 0.00000562. The zero-order valence-electron chi connectivity index (χ0n) is 28.8. The van der Waals surface area contributed by atoms with Crippen LogP contribution in [0.15, 0.2) is 72.8 Å². The number of aromatic carboxylic acids is 1. The topological polar surface area (TPSA) is 111 Å². The van der Waals surface area contributed by atoms with Gasteiger partial charge in [-0.15, -0.1) is 11.3 Å². The van der Waals surface area contributed by atoms with Crippen molar-refractivity contribution in [2.45, 2.75) is 85.2 Å². The van der Waals surface area contributed by atoms with Crippen LogP contribution in [0, 0.1) is 0 Å². The lowest BCUT2D eigenvalue weighted by molar-refractivity contribution is 0.0696. The Hall–Kier alpha value is -4.31. The Bertz CT molecular complexity index is 1730. The van der Waals surface area contributed by atoms with E-state index in [0.717, 1.165) is 93.3 Å². The summed E-state index contributed by atoms with van der Waals surface area (Å²) < 4.78 is 0. The van der Waals surface area contributed by atoms with Crippen molar-refractivity contribution in [3.05, 3.63) is 117 Å². The van der Waals surface area contributed by atoms with Crippen LogP contribution in [-0.4, -0.2) is 54.0 Å². The number of carbonyl (C=O) groups is 3. The molecule has 0 spiro atoms. The van der Waals surface area contributed by atoms with Crippen molar-refractivity contribution < 1.29 is 19.5 Å². The first-order chi connectivity index (χ1) is 23.8. The summed E-state index contributed by atoms with van der Waals surface area (Å²) in [6.07, 6.45) is 7.56. The van der Waals surface area contributed by atoms with Crippen LogP contribution < -0.4 is 16.0 Å². The number of nitrogens with one attached hydrogen (secondary N) is 3. The second-order valence-corrected chi connectivity index (χ2v) is 13.9. The molecule has 0 saturated carbocycles. The maximum atomic E-state index is 13.8. The van der Waals surface area contributed by atoms with Crippen molar-refractivity contribution in [3.8, 4) is 0 Å². The number of fused-ring (bicyclic) bond motifs is 1. The molecule has 0 aliphatic heterocycles. The Morgan fingerprint density at radius 2 is 1.48 bits per heavy atom. The highest BCUT2D eigenvalue weighted by molar-refractivity contribution is 7.17. The summed E-state index contributed by atoms with van der Waals surface area (Å²) in [6.45, 7) is 7.06. The fourth-order valence-corrected chi connectivity index (χ4v) is 7.90. The molecule has 5 rings (SSSR count). The van der Waals surface area contributed by atoms with Crippen molar-refractivity contribution in [2.75, 3.05) is 30.8 Å². The quantitative estimate of drug-likeness (QED) is 0.0936. The number of carbonyl (C=O) groups excluding carboxylic acids is 2. The first kappa shape index (κ1) is 38.5. The van der Waals surface area contributed by atoms with E-state index in [4.69, 9.17) is 5.11 Å². The van der Waals surface area contributed by atoms with Crippen LogP contribution in [0.4, 0.5) is 10.7 Å². The van der Waals surface area contributed by atoms with Crippen LogP contribution in [0.2, 0.25) is 0 Å². The molecule has 50 heavy (non-hydrogen) atoms. The van der Waals surface area contributed by atoms with Gasteiger partial charge in [0.25, 0.3) is 11.8 Å². The van der Waals surface area contributed by atoms with E-state index < -0.39 is 5.97 Å². The second-order valence-electron chi connectivity index (χ2n) is 12.8. The smallest absolute Gasteiger partial charge is 0.335 e. The van der Waals surface area contributed by atoms with Gasteiger partial charge in [-0.1, -0.05) is 57.7 Å². The molecule has 1 aromatic heterocycles. The summed E-state index contributed by atoms with van der Waals surface area (Å²) in [5.41, 5.74) is 6.47. The third kappa shape index (κ3) is 9.90. The van der Waals surface area contributed by atoms with E-state index in [1.54, 1.807) is 12.1 Å². The number of thiophene rings is 1. The number of likely N-dealkylation sites (N-methyl/N-ethyl adjacent to an activating group) is 1. The molecule has 0 fully saturated rings. The summed E-state index contributed by atoms with van der Waals surface area (Å²) in [6, 6.07) is 23.1. The van der Waals surface area contributed by atoms with Gasteiger partial charge in [-0.05, 0) is 117 Å². The number of benzene rings is 3. The number of carboxylic acid groups (broad SMARTS) is 1. The highest BCUT2D eigenvalue weighted by Gasteiger charge is 2.27. The average molecular weight is 697 g/mol. The SMILES string of the molecule is C.CCC(CC)N(CCNC)Cc1cccc(C(=O)Nc2sc3c(c2C(=O)Nc2ccc(CCc4ccc(C(=O)O)cc4)cc2)CCCC3)c1. The van der Waals surface area contributed by atoms with E-state index in [-0.39, 0.29) is 24.8 Å². The molecule has 0 bridgehead atoms. The number of rotatable bonds is 16. The highest BCUT2D eigenvalue weighted by Crippen LogP contribution is 2.39. The Morgan fingerprint density at radius 3 is 2.12 bits per heavy atom. The molecule has 9 heteroatoms. The fourth-order valence-electron chi connectivity index (χ4n) is 6.62. The summed E-state index contributed by atoms with van der Waals surface area (Å²) in [7, 11) is 1.97. The molecule has 0 unspecified atom stereocenters. The van der Waals surface area contributed by atoms with E-state index in [1.165, 1.54) is 16.2 Å². The van der Waals surface area contributed by atoms with Gasteiger partial charge >= 0.3 is 5.97 Å². The number of aryl methyl sites for hydroxylation is 3. The molecule has 266 valence electrons. The molecule has 0 atom stereocenters. The maximum absolute atomic E-state index is 13.8.